The summed E-state index contributed by atoms with van der Waals surface area (Å²) in [5.74, 6) is 0. The van der Waals surface area contributed by atoms with Crippen LogP contribution in [-0.4, -0.2) is 8.07 Å². The standard InChI is InChI=1S/C56H38Si/c1-2-21-45(22-3-1)57(47-35-29-39-15-4-6-18-43(39)37-47,48-36-30-40-16-5-7-19-44(40)38-48)46-33-31-42(32-34-46)55-51-24-10-12-26-53(51)56(54-27-13-11-25-52(54)55)50-28-14-20-41-17-8-9-23-49(41)50/h1-38H. The molecular formula is C56H38Si. The minimum atomic E-state index is -2.84. The van der Waals surface area contributed by atoms with Crippen LogP contribution in [0.5, 0.6) is 0 Å². The Bertz CT molecular complexity index is 3150. The van der Waals surface area contributed by atoms with Gasteiger partial charge in [-0.3, -0.25) is 0 Å². The van der Waals surface area contributed by atoms with Gasteiger partial charge in [0, 0.05) is 0 Å². The van der Waals surface area contributed by atoms with Crippen molar-refractivity contribution in [2.24, 2.45) is 0 Å². The van der Waals surface area contributed by atoms with Gasteiger partial charge in [-0.2, -0.15) is 0 Å². The third-order valence-corrected chi connectivity index (χ3v) is 16.9. The molecule has 0 nitrogen and oxygen atoms in total. The lowest BCUT2D eigenvalue weighted by Crippen LogP contribution is -2.74. The molecule has 1 heteroatoms. The topological polar surface area (TPSA) is 0 Å². The summed E-state index contributed by atoms with van der Waals surface area (Å²) in [6.45, 7) is 0. The average molecular weight is 739 g/mol. The molecule has 0 heterocycles. The second-order valence-corrected chi connectivity index (χ2v) is 19.0. The predicted molar refractivity (Wildman–Crippen MR) is 248 cm³/mol. The molecule has 0 aliphatic rings. The van der Waals surface area contributed by atoms with Crippen LogP contribution in [0.25, 0.3) is 76.1 Å². The Morgan fingerprint density at radius 2 is 0.632 bits per heavy atom. The molecule has 57 heavy (non-hydrogen) atoms. The Hall–Kier alpha value is -7.06. The van der Waals surface area contributed by atoms with Crippen LogP contribution >= 0.6 is 0 Å². The Labute approximate surface area is 334 Å². The number of fused-ring (bicyclic) bond motifs is 5. The van der Waals surface area contributed by atoms with Crippen molar-refractivity contribution >= 4 is 82.7 Å². The smallest absolute Gasteiger partial charge is 0.0623 e. The van der Waals surface area contributed by atoms with Crippen LogP contribution in [-0.2, 0) is 0 Å². The molecule has 0 fully saturated rings. The molecule has 0 radical (unpaired) electrons. The van der Waals surface area contributed by atoms with Crippen LogP contribution in [0.1, 0.15) is 0 Å². The molecule has 0 N–H and O–H groups in total. The van der Waals surface area contributed by atoms with E-state index < -0.39 is 8.07 Å². The quantitative estimate of drug-likeness (QED) is 0.0905. The molecule has 0 spiro atoms. The first-order valence-corrected chi connectivity index (χ1v) is 21.8. The van der Waals surface area contributed by atoms with E-state index in [1.54, 1.807) is 0 Å². The van der Waals surface area contributed by atoms with E-state index in [1.165, 1.54) is 96.9 Å². The Balaban J connectivity index is 1.18. The summed E-state index contributed by atoms with van der Waals surface area (Å²) >= 11 is 0. The minimum Gasteiger partial charge on any atom is -0.0623 e. The van der Waals surface area contributed by atoms with E-state index in [-0.39, 0.29) is 0 Å². The van der Waals surface area contributed by atoms with Gasteiger partial charge in [0.15, 0.2) is 8.07 Å². The van der Waals surface area contributed by atoms with E-state index in [0.717, 1.165) is 0 Å². The van der Waals surface area contributed by atoms with Gasteiger partial charge in [0.25, 0.3) is 0 Å². The molecule has 0 aliphatic heterocycles. The van der Waals surface area contributed by atoms with Crippen molar-refractivity contribution in [2.45, 2.75) is 0 Å². The maximum Gasteiger partial charge on any atom is 0.179 e. The molecule has 11 rings (SSSR count). The van der Waals surface area contributed by atoms with Gasteiger partial charge >= 0.3 is 0 Å². The zero-order valence-electron chi connectivity index (χ0n) is 31.4. The molecule has 11 aromatic carbocycles. The van der Waals surface area contributed by atoms with Gasteiger partial charge in [0.2, 0.25) is 0 Å². The summed E-state index contributed by atoms with van der Waals surface area (Å²) in [6.07, 6.45) is 0. The van der Waals surface area contributed by atoms with Crippen molar-refractivity contribution in [3.8, 4) is 22.3 Å². The van der Waals surface area contributed by atoms with Gasteiger partial charge in [-0.05, 0) is 96.9 Å². The van der Waals surface area contributed by atoms with Crippen LogP contribution < -0.4 is 20.7 Å². The van der Waals surface area contributed by atoms with Gasteiger partial charge in [-0.1, -0.05) is 231 Å². The molecule has 0 aliphatic carbocycles. The second kappa shape index (κ2) is 13.6. The van der Waals surface area contributed by atoms with Crippen molar-refractivity contribution in [3.05, 3.63) is 231 Å². The van der Waals surface area contributed by atoms with E-state index in [2.05, 4.69) is 231 Å². The largest absolute Gasteiger partial charge is 0.179 e. The van der Waals surface area contributed by atoms with E-state index in [9.17, 15) is 0 Å². The molecule has 0 amide bonds. The van der Waals surface area contributed by atoms with Crippen molar-refractivity contribution in [3.63, 3.8) is 0 Å². The highest BCUT2D eigenvalue weighted by Crippen LogP contribution is 2.45. The maximum atomic E-state index is 2.46. The van der Waals surface area contributed by atoms with Gasteiger partial charge in [-0.25, -0.2) is 0 Å². The first-order chi connectivity index (χ1) is 28.3. The number of hydrogen-bond donors (Lipinski definition) is 0. The molecule has 0 saturated carbocycles. The third kappa shape index (κ3) is 5.35. The average Bonchev–Trinajstić information content (AvgIpc) is 3.29. The fourth-order valence-electron chi connectivity index (χ4n) is 9.59. The minimum absolute atomic E-state index is 1.23. The normalized spacial score (nSPS) is 11.9. The maximum absolute atomic E-state index is 2.84. The fraction of sp³-hybridized carbons (Fsp3) is 0. The number of hydrogen-bond acceptors (Lipinski definition) is 0. The lowest BCUT2D eigenvalue weighted by molar-refractivity contribution is 1.66. The van der Waals surface area contributed by atoms with Crippen molar-refractivity contribution in [2.75, 3.05) is 0 Å². The van der Waals surface area contributed by atoms with Crippen molar-refractivity contribution < 1.29 is 0 Å². The van der Waals surface area contributed by atoms with E-state index in [1.807, 2.05) is 0 Å². The molecule has 0 bridgehead atoms. The zero-order chi connectivity index (χ0) is 37.8. The lowest BCUT2D eigenvalue weighted by atomic mass is 9.85. The van der Waals surface area contributed by atoms with Gasteiger partial charge in [0.05, 0.1) is 0 Å². The van der Waals surface area contributed by atoms with E-state index in [0.29, 0.717) is 0 Å². The number of rotatable bonds is 6. The monoisotopic (exact) mass is 738 g/mol. The van der Waals surface area contributed by atoms with Gasteiger partial charge in [-0.15, -0.1) is 0 Å². The summed E-state index contributed by atoms with van der Waals surface area (Å²) in [6, 6.07) is 86.3. The summed E-state index contributed by atoms with van der Waals surface area (Å²) in [5, 5.41) is 18.2. The Morgan fingerprint density at radius 3 is 1.19 bits per heavy atom. The summed E-state index contributed by atoms with van der Waals surface area (Å²) in [7, 11) is -2.84. The summed E-state index contributed by atoms with van der Waals surface area (Å²) < 4.78 is 0. The molecule has 0 aromatic heterocycles. The lowest BCUT2D eigenvalue weighted by Gasteiger charge is -2.35. The number of benzene rings is 11. The molecule has 0 unspecified atom stereocenters. The highest BCUT2D eigenvalue weighted by atomic mass is 28.3. The van der Waals surface area contributed by atoms with Crippen LogP contribution in [0.15, 0.2) is 231 Å². The predicted octanol–water partition coefficient (Wildman–Crippen LogP) is 12.2. The molecule has 11 aromatic rings. The summed E-state index contributed by atoms with van der Waals surface area (Å²) in [4.78, 5) is 0. The zero-order valence-corrected chi connectivity index (χ0v) is 32.4. The Kier molecular flexibility index (Phi) is 7.94. The SMILES string of the molecule is c1ccc([Si](c2ccc(-c3c4ccccc4c(-c4cccc5ccccc45)c4ccccc34)cc2)(c2ccc3ccccc3c2)c2ccc3ccccc3c2)cc1. The summed E-state index contributed by atoms with van der Waals surface area (Å²) in [5.41, 5.74) is 5.07. The van der Waals surface area contributed by atoms with Crippen LogP contribution in [0.3, 0.4) is 0 Å². The van der Waals surface area contributed by atoms with Crippen molar-refractivity contribution in [1.82, 2.24) is 0 Å². The van der Waals surface area contributed by atoms with E-state index >= 15 is 0 Å². The van der Waals surface area contributed by atoms with E-state index in [4.69, 9.17) is 0 Å². The van der Waals surface area contributed by atoms with Gasteiger partial charge < -0.3 is 0 Å². The van der Waals surface area contributed by atoms with Crippen molar-refractivity contribution in [1.29, 1.82) is 0 Å². The fourth-order valence-corrected chi connectivity index (χ4v) is 14.4. The molecular weight excluding hydrogens is 701 g/mol. The van der Waals surface area contributed by atoms with Crippen LogP contribution in [0.4, 0.5) is 0 Å². The van der Waals surface area contributed by atoms with Crippen LogP contribution in [0.2, 0.25) is 0 Å². The first-order valence-electron chi connectivity index (χ1n) is 19.8. The van der Waals surface area contributed by atoms with Gasteiger partial charge in [0.1, 0.15) is 0 Å². The molecule has 0 atom stereocenters. The highest BCUT2D eigenvalue weighted by Gasteiger charge is 2.41. The Morgan fingerprint density at radius 1 is 0.228 bits per heavy atom. The first kappa shape index (κ1) is 33.3. The highest BCUT2D eigenvalue weighted by molar-refractivity contribution is 7.20. The molecule has 0 saturated heterocycles. The third-order valence-electron chi connectivity index (χ3n) is 12.2. The second-order valence-electron chi connectivity index (χ2n) is 15.2. The molecule has 266 valence electrons. The van der Waals surface area contributed by atoms with Crippen LogP contribution in [0, 0.1) is 0 Å².